The Hall–Kier alpha value is -1.23. The summed E-state index contributed by atoms with van der Waals surface area (Å²) in [6.45, 7) is 1.55. The van der Waals surface area contributed by atoms with Gasteiger partial charge < -0.3 is 10.6 Å². The van der Waals surface area contributed by atoms with E-state index in [4.69, 9.17) is 5.73 Å². The van der Waals surface area contributed by atoms with Gasteiger partial charge >= 0.3 is 6.18 Å². The first kappa shape index (κ1) is 14.2. The standard InChI is InChI=1S/C14H19F3N2/c15-14(16,17)12-6-5-7-13(11(12)10-18)19-8-3-1-2-4-9-19/h5-7H,1-4,8-10,18H2. The quantitative estimate of drug-likeness (QED) is 0.892. The van der Waals surface area contributed by atoms with E-state index in [1.807, 2.05) is 4.90 Å². The molecule has 1 saturated heterocycles. The van der Waals surface area contributed by atoms with E-state index in [9.17, 15) is 13.2 Å². The number of benzene rings is 1. The molecule has 1 heterocycles. The van der Waals surface area contributed by atoms with Crippen LogP contribution in [0.3, 0.4) is 0 Å². The molecule has 19 heavy (non-hydrogen) atoms. The van der Waals surface area contributed by atoms with E-state index < -0.39 is 11.7 Å². The second-order valence-corrected chi connectivity index (χ2v) is 4.91. The van der Waals surface area contributed by atoms with Gasteiger partial charge in [0.25, 0.3) is 0 Å². The summed E-state index contributed by atoms with van der Waals surface area (Å²) in [5.74, 6) is 0. The summed E-state index contributed by atoms with van der Waals surface area (Å²) < 4.78 is 39.0. The largest absolute Gasteiger partial charge is 0.416 e. The highest BCUT2D eigenvalue weighted by Crippen LogP contribution is 2.36. The van der Waals surface area contributed by atoms with Gasteiger partial charge in [0.1, 0.15) is 0 Å². The highest BCUT2D eigenvalue weighted by molar-refractivity contribution is 5.57. The fourth-order valence-corrected chi connectivity index (χ4v) is 2.66. The van der Waals surface area contributed by atoms with E-state index in [1.165, 1.54) is 6.07 Å². The summed E-state index contributed by atoms with van der Waals surface area (Å²) in [5, 5.41) is 0. The monoisotopic (exact) mass is 272 g/mol. The van der Waals surface area contributed by atoms with Crippen molar-refractivity contribution in [2.24, 2.45) is 5.73 Å². The molecule has 2 nitrogen and oxygen atoms in total. The lowest BCUT2D eigenvalue weighted by Gasteiger charge is -2.27. The molecule has 0 amide bonds. The van der Waals surface area contributed by atoms with Gasteiger partial charge in [-0.05, 0) is 25.0 Å². The van der Waals surface area contributed by atoms with Crippen molar-refractivity contribution >= 4 is 5.69 Å². The van der Waals surface area contributed by atoms with Crippen molar-refractivity contribution in [1.82, 2.24) is 0 Å². The molecule has 0 saturated carbocycles. The Bertz CT molecular complexity index is 421. The molecule has 2 N–H and O–H groups in total. The Balaban J connectivity index is 2.39. The zero-order valence-electron chi connectivity index (χ0n) is 10.8. The van der Waals surface area contributed by atoms with Crippen molar-refractivity contribution < 1.29 is 13.2 Å². The molecule has 2 rings (SSSR count). The van der Waals surface area contributed by atoms with E-state index in [0.717, 1.165) is 44.8 Å². The average Bonchev–Trinajstić information content (AvgIpc) is 2.65. The van der Waals surface area contributed by atoms with Gasteiger partial charge in [0.15, 0.2) is 0 Å². The van der Waals surface area contributed by atoms with Crippen LogP contribution in [0.2, 0.25) is 0 Å². The molecule has 1 aromatic rings. The van der Waals surface area contributed by atoms with Gasteiger partial charge in [-0.3, -0.25) is 0 Å². The molecule has 1 aliphatic heterocycles. The Labute approximate surface area is 111 Å². The third-order valence-corrected chi connectivity index (χ3v) is 3.61. The van der Waals surface area contributed by atoms with Crippen molar-refractivity contribution in [1.29, 1.82) is 0 Å². The van der Waals surface area contributed by atoms with Crippen molar-refractivity contribution in [3.8, 4) is 0 Å². The van der Waals surface area contributed by atoms with Crippen LogP contribution >= 0.6 is 0 Å². The van der Waals surface area contributed by atoms with Gasteiger partial charge in [-0.15, -0.1) is 0 Å². The van der Waals surface area contributed by atoms with Crippen LogP contribution in [0.15, 0.2) is 18.2 Å². The molecule has 5 heteroatoms. The topological polar surface area (TPSA) is 29.3 Å². The molecule has 0 spiro atoms. The minimum Gasteiger partial charge on any atom is -0.371 e. The molecular formula is C14H19F3N2. The summed E-state index contributed by atoms with van der Waals surface area (Å²) in [5.41, 5.74) is 5.84. The van der Waals surface area contributed by atoms with Crippen LogP contribution in [-0.4, -0.2) is 13.1 Å². The maximum absolute atomic E-state index is 13.0. The van der Waals surface area contributed by atoms with Crippen molar-refractivity contribution in [3.63, 3.8) is 0 Å². The third kappa shape index (κ3) is 3.21. The van der Waals surface area contributed by atoms with Crippen molar-refractivity contribution in [3.05, 3.63) is 29.3 Å². The zero-order chi connectivity index (χ0) is 13.9. The molecule has 0 atom stereocenters. The summed E-state index contributed by atoms with van der Waals surface area (Å²) >= 11 is 0. The second kappa shape index (κ2) is 5.82. The molecule has 1 fully saturated rings. The number of halogens is 3. The first-order chi connectivity index (χ1) is 9.04. The minimum absolute atomic E-state index is 0.0818. The van der Waals surface area contributed by atoms with Crippen LogP contribution in [0, 0.1) is 0 Å². The van der Waals surface area contributed by atoms with Crippen molar-refractivity contribution in [2.75, 3.05) is 18.0 Å². The maximum atomic E-state index is 13.0. The second-order valence-electron chi connectivity index (χ2n) is 4.91. The SMILES string of the molecule is NCc1c(N2CCCCCC2)cccc1C(F)(F)F. The summed E-state index contributed by atoms with van der Waals surface area (Å²) in [4.78, 5) is 2.05. The molecule has 0 unspecified atom stereocenters. The normalized spacial score (nSPS) is 17.4. The van der Waals surface area contributed by atoms with Gasteiger partial charge in [-0.25, -0.2) is 0 Å². The van der Waals surface area contributed by atoms with E-state index in [1.54, 1.807) is 6.07 Å². The van der Waals surface area contributed by atoms with Gasteiger partial charge in [0.05, 0.1) is 5.56 Å². The van der Waals surface area contributed by atoms with Crippen molar-refractivity contribution in [2.45, 2.75) is 38.4 Å². The highest BCUT2D eigenvalue weighted by atomic mass is 19.4. The molecule has 1 aromatic carbocycles. The first-order valence-electron chi connectivity index (χ1n) is 6.68. The fourth-order valence-electron chi connectivity index (χ4n) is 2.66. The van der Waals surface area contributed by atoms with Gasteiger partial charge in [0.2, 0.25) is 0 Å². The molecule has 0 bridgehead atoms. The zero-order valence-corrected chi connectivity index (χ0v) is 10.8. The smallest absolute Gasteiger partial charge is 0.371 e. The van der Waals surface area contributed by atoms with E-state index in [0.29, 0.717) is 5.69 Å². The van der Waals surface area contributed by atoms with Crippen LogP contribution < -0.4 is 10.6 Å². The van der Waals surface area contributed by atoms with Crippen LogP contribution in [-0.2, 0) is 12.7 Å². The van der Waals surface area contributed by atoms with E-state index >= 15 is 0 Å². The molecule has 0 aromatic heterocycles. The number of nitrogens with two attached hydrogens (primary N) is 1. The van der Waals surface area contributed by atoms with E-state index in [2.05, 4.69) is 0 Å². The predicted molar refractivity (Wildman–Crippen MR) is 70.0 cm³/mol. The van der Waals surface area contributed by atoms with Crippen LogP contribution in [0.25, 0.3) is 0 Å². The molecular weight excluding hydrogens is 253 g/mol. The Morgan fingerprint density at radius 1 is 1.05 bits per heavy atom. The number of anilines is 1. The fraction of sp³-hybridized carbons (Fsp3) is 0.571. The number of rotatable bonds is 2. The Morgan fingerprint density at radius 3 is 2.21 bits per heavy atom. The molecule has 0 radical (unpaired) electrons. The summed E-state index contributed by atoms with van der Waals surface area (Å²) in [6.07, 6.45) is 0.0118. The summed E-state index contributed by atoms with van der Waals surface area (Å²) in [6, 6.07) is 4.34. The number of alkyl halides is 3. The lowest BCUT2D eigenvalue weighted by atomic mass is 10.0. The van der Waals surface area contributed by atoms with Crippen LogP contribution in [0.5, 0.6) is 0 Å². The molecule has 0 aliphatic carbocycles. The van der Waals surface area contributed by atoms with Gasteiger partial charge in [-0.2, -0.15) is 13.2 Å². The number of hydrogen-bond donors (Lipinski definition) is 1. The molecule has 106 valence electrons. The average molecular weight is 272 g/mol. The van der Waals surface area contributed by atoms with E-state index in [-0.39, 0.29) is 12.1 Å². The van der Waals surface area contributed by atoms with Gasteiger partial charge in [0, 0.05) is 30.9 Å². The minimum atomic E-state index is -4.34. The predicted octanol–water partition coefficient (Wildman–Crippen LogP) is 3.54. The number of hydrogen-bond acceptors (Lipinski definition) is 2. The van der Waals surface area contributed by atoms with Gasteiger partial charge in [-0.1, -0.05) is 18.9 Å². The van der Waals surface area contributed by atoms with Crippen LogP contribution in [0.4, 0.5) is 18.9 Å². The first-order valence-corrected chi connectivity index (χ1v) is 6.68. The lowest BCUT2D eigenvalue weighted by molar-refractivity contribution is -0.138. The maximum Gasteiger partial charge on any atom is 0.416 e. The Kier molecular flexibility index (Phi) is 4.34. The number of nitrogens with zero attached hydrogens (tertiary/aromatic N) is 1. The van der Waals surface area contributed by atoms with Crippen LogP contribution in [0.1, 0.15) is 36.8 Å². The molecule has 1 aliphatic rings. The lowest BCUT2D eigenvalue weighted by Crippen LogP contribution is -2.27. The summed E-state index contributed by atoms with van der Waals surface area (Å²) in [7, 11) is 0. The highest BCUT2D eigenvalue weighted by Gasteiger charge is 2.34. The third-order valence-electron chi connectivity index (χ3n) is 3.61. The Morgan fingerprint density at radius 2 is 1.68 bits per heavy atom.